The standard InChI is InChI=1S/C7H5BrF2N2O2/c1-3-5(8)2-4(6(9)10)7(11-3)12(13)14/h2,6H,1H3. The fraction of sp³-hybridized carbons (Fsp3) is 0.286. The monoisotopic (exact) mass is 266 g/mol. The van der Waals surface area contributed by atoms with Crippen molar-refractivity contribution in [1.82, 2.24) is 4.98 Å². The Morgan fingerprint density at radius 2 is 2.21 bits per heavy atom. The fourth-order valence-electron chi connectivity index (χ4n) is 0.889. The van der Waals surface area contributed by atoms with Crippen molar-refractivity contribution in [1.29, 1.82) is 0 Å². The van der Waals surface area contributed by atoms with Crippen molar-refractivity contribution < 1.29 is 13.7 Å². The van der Waals surface area contributed by atoms with Crippen molar-refractivity contribution in [2.75, 3.05) is 0 Å². The minimum absolute atomic E-state index is 0.307. The Morgan fingerprint density at radius 3 is 2.64 bits per heavy atom. The molecule has 0 aliphatic heterocycles. The van der Waals surface area contributed by atoms with Gasteiger partial charge in [-0.1, -0.05) is 0 Å². The fourth-order valence-corrected chi connectivity index (χ4v) is 1.22. The Labute approximate surface area is 86.2 Å². The largest absolute Gasteiger partial charge is 0.372 e. The molecule has 0 spiro atoms. The number of rotatable bonds is 2. The van der Waals surface area contributed by atoms with Crippen LogP contribution in [0.2, 0.25) is 0 Å². The SMILES string of the molecule is Cc1nc([N+](=O)[O-])c(C(F)F)cc1Br. The number of halogens is 3. The number of alkyl halides is 2. The van der Waals surface area contributed by atoms with Crippen LogP contribution in [0.5, 0.6) is 0 Å². The highest BCUT2D eigenvalue weighted by atomic mass is 79.9. The molecule has 0 aromatic carbocycles. The highest BCUT2D eigenvalue weighted by Crippen LogP contribution is 2.30. The van der Waals surface area contributed by atoms with E-state index < -0.39 is 22.7 Å². The van der Waals surface area contributed by atoms with Gasteiger partial charge in [-0.3, -0.25) is 0 Å². The van der Waals surface area contributed by atoms with Gasteiger partial charge in [0.25, 0.3) is 6.43 Å². The normalized spacial score (nSPS) is 10.6. The number of aromatic nitrogens is 1. The molecule has 76 valence electrons. The predicted octanol–water partition coefficient (Wildman–Crippen LogP) is 3.00. The van der Waals surface area contributed by atoms with Gasteiger partial charge in [-0.25, -0.2) is 8.78 Å². The zero-order valence-electron chi connectivity index (χ0n) is 7.00. The molecule has 14 heavy (non-hydrogen) atoms. The summed E-state index contributed by atoms with van der Waals surface area (Å²) in [4.78, 5) is 12.9. The van der Waals surface area contributed by atoms with Crippen molar-refractivity contribution in [3.8, 4) is 0 Å². The lowest BCUT2D eigenvalue weighted by molar-refractivity contribution is -0.391. The zero-order chi connectivity index (χ0) is 10.9. The minimum atomic E-state index is -2.90. The topological polar surface area (TPSA) is 56.0 Å². The molecule has 0 saturated heterocycles. The number of pyridine rings is 1. The van der Waals surface area contributed by atoms with E-state index in [2.05, 4.69) is 20.9 Å². The molecule has 0 aliphatic rings. The van der Waals surface area contributed by atoms with Gasteiger partial charge in [0.15, 0.2) is 5.69 Å². The van der Waals surface area contributed by atoms with Gasteiger partial charge in [0.1, 0.15) is 5.56 Å². The Hall–Kier alpha value is -1.11. The van der Waals surface area contributed by atoms with Gasteiger partial charge in [-0.2, -0.15) is 0 Å². The lowest BCUT2D eigenvalue weighted by Crippen LogP contribution is -2.01. The third kappa shape index (κ3) is 2.03. The first kappa shape index (κ1) is 11.0. The molecule has 1 aromatic heterocycles. The van der Waals surface area contributed by atoms with Crippen LogP contribution >= 0.6 is 15.9 Å². The predicted molar refractivity (Wildman–Crippen MR) is 48.3 cm³/mol. The van der Waals surface area contributed by atoms with Crippen molar-refractivity contribution in [3.05, 3.63) is 31.9 Å². The van der Waals surface area contributed by atoms with E-state index in [-0.39, 0.29) is 0 Å². The molecule has 0 amide bonds. The molecule has 0 saturated carbocycles. The Morgan fingerprint density at radius 1 is 1.64 bits per heavy atom. The third-order valence-electron chi connectivity index (χ3n) is 1.57. The number of nitro groups is 1. The van der Waals surface area contributed by atoms with E-state index in [0.29, 0.717) is 10.2 Å². The van der Waals surface area contributed by atoms with Crippen LogP contribution in [0.1, 0.15) is 17.7 Å². The van der Waals surface area contributed by atoms with Crippen LogP contribution in [-0.2, 0) is 0 Å². The van der Waals surface area contributed by atoms with Crippen molar-refractivity contribution in [2.24, 2.45) is 0 Å². The molecule has 0 bridgehead atoms. The third-order valence-corrected chi connectivity index (χ3v) is 2.37. The maximum Gasteiger partial charge on any atom is 0.372 e. The summed E-state index contributed by atoms with van der Waals surface area (Å²) in [6.45, 7) is 1.49. The molecule has 0 radical (unpaired) electrons. The van der Waals surface area contributed by atoms with Gasteiger partial charge in [-0.05, 0) is 31.9 Å². The van der Waals surface area contributed by atoms with E-state index in [4.69, 9.17) is 0 Å². The maximum atomic E-state index is 12.3. The average molecular weight is 267 g/mol. The number of hydrogen-bond acceptors (Lipinski definition) is 3. The molecule has 0 unspecified atom stereocenters. The molecule has 0 fully saturated rings. The molecule has 0 aliphatic carbocycles. The van der Waals surface area contributed by atoms with E-state index in [1.54, 1.807) is 0 Å². The molecule has 0 N–H and O–H groups in total. The van der Waals surface area contributed by atoms with Gasteiger partial charge >= 0.3 is 5.82 Å². The maximum absolute atomic E-state index is 12.3. The molecular formula is C7H5BrF2N2O2. The molecule has 4 nitrogen and oxygen atoms in total. The zero-order valence-corrected chi connectivity index (χ0v) is 8.59. The van der Waals surface area contributed by atoms with Gasteiger partial charge in [-0.15, -0.1) is 0 Å². The Kier molecular flexibility index (Phi) is 3.10. The highest BCUT2D eigenvalue weighted by molar-refractivity contribution is 9.10. The van der Waals surface area contributed by atoms with E-state index in [1.807, 2.05) is 0 Å². The first-order valence-electron chi connectivity index (χ1n) is 3.53. The summed E-state index contributed by atoms with van der Waals surface area (Å²) in [7, 11) is 0. The first-order valence-corrected chi connectivity index (χ1v) is 4.32. The second kappa shape index (κ2) is 3.95. The van der Waals surface area contributed by atoms with Crippen LogP contribution < -0.4 is 0 Å². The Bertz CT molecular complexity index is 384. The average Bonchev–Trinajstić information content (AvgIpc) is 2.08. The summed E-state index contributed by atoms with van der Waals surface area (Å²) in [6, 6.07) is 1.02. The lowest BCUT2D eigenvalue weighted by Gasteiger charge is -2.02. The number of hydrogen-bond donors (Lipinski definition) is 0. The molecule has 1 heterocycles. The quantitative estimate of drug-likeness (QED) is 0.611. The number of nitrogens with zero attached hydrogens (tertiary/aromatic N) is 2. The van der Waals surface area contributed by atoms with Crippen LogP contribution in [0.15, 0.2) is 10.5 Å². The Balaban J connectivity index is 3.39. The van der Waals surface area contributed by atoms with Gasteiger partial charge < -0.3 is 10.1 Å². The summed E-state index contributed by atoms with van der Waals surface area (Å²) in [5.41, 5.74) is -0.367. The van der Waals surface area contributed by atoms with Crippen molar-refractivity contribution >= 4 is 21.7 Å². The van der Waals surface area contributed by atoms with Crippen molar-refractivity contribution in [2.45, 2.75) is 13.3 Å². The molecule has 1 aromatic rings. The molecule has 0 atom stereocenters. The smallest absolute Gasteiger partial charge is 0.358 e. The summed E-state index contributed by atoms with van der Waals surface area (Å²) < 4.78 is 25.0. The first-order chi connectivity index (χ1) is 6.43. The summed E-state index contributed by atoms with van der Waals surface area (Å²) in [6.07, 6.45) is -2.90. The molecular weight excluding hydrogens is 262 g/mol. The molecule has 7 heteroatoms. The van der Waals surface area contributed by atoms with Crippen LogP contribution in [-0.4, -0.2) is 9.91 Å². The van der Waals surface area contributed by atoms with E-state index in [9.17, 15) is 18.9 Å². The lowest BCUT2D eigenvalue weighted by atomic mass is 10.2. The van der Waals surface area contributed by atoms with Gasteiger partial charge in [0, 0.05) is 6.92 Å². The second-order valence-electron chi connectivity index (χ2n) is 2.53. The summed E-state index contributed by atoms with van der Waals surface area (Å²) >= 11 is 2.98. The van der Waals surface area contributed by atoms with E-state index in [0.717, 1.165) is 6.07 Å². The number of aryl methyl sites for hydroxylation is 1. The molecule has 1 rings (SSSR count). The van der Waals surface area contributed by atoms with E-state index in [1.165, 1.54) is 6.92 Å². The highest BCUT2D eigenvalue weighted by Gasteiger charge is 2.25. The summed E-state index contributed by atoms with van der Waals surface area (Å²) in [5.74, 6) is -0.791. The summed E-state index contributed by atoms with van der Waals surface area (Å²) in [5, 5.41) is 10.4. The van der Waals surface area contributed by atoms with Crippen LogP contribution in [0, 0.1) is 17.0 Å². The van der Waals surface area contributed by atoms with Gasteiger partial charge in [0.05, 0.1) is 4.47 Å². The van der Waals surface area contributed by atoms with Crippen LogP contribution in [0.25, 0.3) is 0 Å². The van der Waals surface area contributed by atoms with Gasteiger partial charge in [0.2, 0.25) is 0 Å². The van der Waals surface area contributed by atoms with Crippen LogP contribution in [0.4, 0.5) is 14.6 Å². The van der Waals surface area contributed by atoms with E-state index >= 15 is 0 Å². The second-order valence-corrected chi connectivity index (χ2v) is 3.38. The van der Waals surface area contributed by atoms with Crippen LogP contribution in [0.3, 0.4) is 0 Å². The minimum Gasteiger partial charge on any atom is -0.358 e. The van der Waals surface area contributed by atoms with Crippen molar-refractivity contribution in [3.63, 3.8) is 0 Å².